The molecule has 34 heavy (non-hydrogen) atoms. The van der Waals surface area contributed by atoms with Gasteiger partial charge in [-0.15, -0.1) is 0 Å². The van der Waals surface area contributed by atoms with Gasteiger partial charge in [0, 0.05) is 43.5 Å². The number of benzene rings is 1. The Morgan fingerprint density at radius 1 is 1.06 bits per heavy atom. The number of imidazole rings is 1. The largest absolute Gasteiger partial charge is 0.497 e. The Kier molecular flexibility index (Phi) is 6.52. The third kappa shape index (κ3) is 4.52. The number of carbonyl (C=O) groups excluding carboxylic acids is 1. The highest BCUT2D eigenvalue weighted by Crippen LogP contribution is 2.30. The van der Waals surface area contributed by atoms with Crippen LogP contribution < -0.4 is 4.74 Å². The molecule has 3 aromatic rings. The van der Waals surface area contributed by atoms with Crippen LogP contribution in [-0.2, 0) is 6.54 Å². The lowest BCUT2D eigenvalue weighted by Gasteiger charge is -2.32. The van der Waals surface area contributed by atoms with Gasteiger partial charge in [0.05, 0.1) is 7.11 Å². The molecule has 4 heterocycles. The van der Waals surface area contributed by atoms with Gasteiger partial charge in [-0.05, 0) is 70.2 Å². The van der Waals surface area contributed by atoms with Crippen LogP contribution >= 0.6 is 0 Å². The van der Waals surface area contributed by atoms with E-state index < -0.39 is 0 Å². The molecule has 0 N–H and O–H groups in total. The van der Waals surface area contributed by atoms with Crippen LogP contribution in [0.1, 0.15) is 46.9 Å². The Morgan fingerprint density at radius 2 is 1.82 bits per heavy atom. The van der Waals surface area contributed by atoms with Gasteiger partial charge in [0.2, 0.25) is 0 Å². The molecular weight excluding hydrogens is 428 g/mol. The maximum atomic E-state index is 13.2. The van der Waals surface area contributed by atoms with Crippen molar-refractivity contribution in [2.75, 3.05) is 47.4 Å². The highest BCUT2D eigenvalue weighted by molar-refractivity contribution is 5.98. The maximum absolute atomic E-state index is 13.2. The van der Waals surface area contributed by atoms with Crippen molar-refractivity contribution in [1.82, 2.24) is 29.1 Å². The number of carbonyl (C=O) groups is 1. The van der Waals surface area contributed by atoms with Crippen LogP contribution in [0.15, 0.2) is 42.9 Å². The number of piperidine rings is 1. The highest BCUT2D eigenvalue weighted by atomic mass is 16.5. The van der Waals surface area contributed by atoms with Crippen LogP contribution in [0.5, 0.6) is 5.75 Å². The summed E-state index contributed by atoms with van der Waals surface area (Å²) >= 11 is 0. The third-order valence-corrected chi connectivity index (χ3v) is 7.42. The predicted octanol–water partition coefficient (Wildman–Crippen LogP) is 2.89. The SMILES string of the molecule is COc1ccc(CN2CCC(c3ccnc4c(C(=O)N5CCC(N(C)C)C5)ncn34)CC2)cc1. The molecule has 0 radical (unpaired) electrons. The van der Waals surface area contributed by atoms with Crippen LogP contribution in [0, 0.1) is 0 Å². The number of likely N-dealkylation sites (tertiary alicyclic amines) is 2. The summed E-state index contributed by atoms with van der Waals surface area (Å²) in [5.41, 5.74) is 3.66. The van der Waals surface area contributed by atoms with E-state index in [1.54, 1.807) is 13.4 Å². The number of rotatable bonds is 6. The van der Waals surface area contributed by atoms with Crippen LogP contribution in [-0.4, -0.2) is 88.4 Å². The molecule has 2 fully saturated rings. The molecule has 1 atom stereocenters. The lowest BCUT2D eigenvalue weighted by atomic mass is 9.93. The Labute approximate surface area is 201 Å². The minimum absolute atomic E-state index is 0.00851. The van der Waals surface area contributed by atoms with E-state index in [1.165, 1.54) is 11.3 Å². The van der Waals surface area contributed by atoms with Crippen molar-refractivity contribution in [1.29, 1.82) is 0 Å². The number of ether oxygens (including phenoxy) is 1. The standard InChI is InChI=1S/C26H34N6O2/c1-29(2)21-11-15-31(17-21)26(33)24-25-27-12-8-23(32(25)18-28-24)20-9-13-30(14-10-20)16-19-4-6-22(34-3)7-5-19/h4-8,12,18,20-21H,9-11,13-17H2,1-3H3. The van der Waals surface area contributed by atoms with Gasteiger partial charge in [-0.1, -0.05) is 12.1 Å². The Hall–Kier alpha value is -2.97. The highest BCUT2D eigenvalue weighted by Gasteiger charge is 2.31. The molecule has 1 aromatic carbocycles. The first-order chi connectivity index (χ1) is 16.5. The van der Waals surface area contributed by atoms with Crippen molar-refractivity contribution in [3.63, 3.8) is 0 Å². The Balaban J connectivity index is 1.26. The fourth-order valence-electron chi connectivity index (χ4n) is 5.28. The second-order valence-corrected chi connectivity index (χ2v) is 9.71. The number of likely N-dealkylation sites (N-methyl/N-ethyl adjacent to an activating group) is 1. The molecule has 2 aliphatic rings. The van der Waals surface area contributed by atoms with E-state index in [1.807, 2.05) is 27.6 Å². The number of aromatic nitrogens is 3. The average molecular weight is 463 g/mol. The fraction of sp³-hybridized carbons (Fsp3) is 0.500. The summed E-state index contributed by atoms with van der Waals surface area (Å²) in [6, 6.07) is 10.8. The van der Waals surface area contributed by atoms with E-state index in [2.05, 4.69) is 52.1 Å². The molecule has 5 rings (SSSR count). The molecule has 8 heteroatoms. The first kappa shape index (κ1) is 22.8. The molecule has 0 aliphatic carbocycles. The zero-order valence-corrected chi connectivity index (χ0v) is 20.4. The van der Waals surface area contributed by atoms with E-state index in [9.17, 15) is 4.79 Å². The number of hydrogen-bond acceptors (Lipinski definition) is 6. The van der Waals surface area contributed by atoms with Crippen molar-refractivity contribution in [3.05, 3.63) is 59.8 Å². The van der Waals surface area contributed by atoms with Crippen LogP contribution in [0.2, 0.25) is 0 Å². The summed E-state index contributed by atoms with van der Waals surface area (Å²) in [6.07, 6.45) is 6.77. The molecule has 2 saturated heterocycles. The van der Waals surface area contributed by atoms with E-state index in [0.717, 1.165) is 57.7 Å². The number of hydrogen-bond donors (Lipinski definition) is 0. The number of fused-ring (bicyclic) bond motifs is 1. The van der Waals surface area contributed by atoms with Gasteiger partial charge in [-0.25, -0.2) is 9.97 Å². The molecular formula is C26H34N6O2. The maximum Gasteiger partial charge on any atom is 0.276 e. The van der Waals surface area contributed by atoms with E-state index in [0.29, 0.717) is 23.3 Å². The quantitative estimate of drug-likeness (QED) is 0.561. The molecule has 0 spiro atoms. The molecule has 0 saturated carbocycles. The molecule has 1 amide bonds. The van der Waals surface area contributed by atoms with Crippen LogP contribution in [0.4, 0.5) is 0 Å². The van der Waals surface area contributed by atoms with Gasteiger partial charge in [-0.2, -0.15) is 0 Å². The summed E-state index contributed by atoms with van der Waals surface area (Å²) in [5.74, 6) is 1.31. The summed E-state index contributed by atoms with van der Waals surface area (Å²) in [5, 5.41) is 0. The second-order valence-electron chi connectivity index (χ2n) is 9.71. The zero-order chi connectivity index (χ0) is 23.7. The predicted molar refractivity (Wildman–Crippen MR) is 131 cm³/mol. The molecule has 8 nitrogen and oxygen atoms in total. The Bertz CT molecular complexity index is 1130. The minimum atomic E-state index is -0.00851. The van der Waals surface area contributed by atoms with Gasteiger partial charge in [0.25, 0.3) is 5.91 Å². The normalized spacial score (nSPS) is 19.9. The molecule has 2 aromatic heterocycles. The smallest absolute Gasteiger partial charge is 0.276 e. The monoisotopic (exact) mass is 462 g/mol. The molecule has 180 valence electrons. The van der Waals surface area contributed by atoms with Crippen molar-refractivity contribution in [3.8, 4) is 5.75 Å². The minimum Gasteiger partial charge on any atom is -0.497 e. The number of methoxy groups -OCH3 is 1. The molecule has 0 bridgehead atoms. The summed E-state index contributed by atoms with van der Waals surface area (Å²) in [4.78, 5) is 28.9. The van der Waals surface area contributed by atoms with Crippen LogP contribution in [0.25, 0.3) is 5.65 Å². The van der Waals surface area contributed by atoms with Crippen LogP contribution in [0.3, 0.4) is 0 Å². The van der Waals surface area contributed by atoms with E-state index >= 15 is 0 Å². The average Bonchev–Trinajstić information content (AvgIpc) is 3.53. The first-order valence-corrected chi connectivity index (χ1v) is 12.2. The van der Waals surface area contributed by atoms with Crippen molar-refractivity contribution >= 4 is 11.6 Å². The second kappa shape index (κ2) is 9.72. The van der Waals surface area contributed by atoms with Crippen molar-refractivity contribution in [2.24, 2.45) is 0 Å². The van der Waals surface area contributed by atoms with E-state index in [4.69, 9.17) is 4.74 Å². The van der Waals surface area contributed by atoms with Gasteiger partial charge in [0.1, 0.15) is 12.1 Å². The first-order valence-electron chi connectivity index (χ1n) is 12.2. The van der Waals surface area contributed by atoms with Gasteiger partial charge in [-0.3, -0.25) is 14.1 Å². The summed E-state index contributed by atoms with van der Waals surface area (Å²) in [6.45, 7) is 4.56. The molecule has 1 unspecified atom stereocenters. The molecule has 2 aliphatic heterocycles. The third-order valence-electron chi connectivity index (χ3n) is 7.42. The Morgan fingerprint density at radius 3 is 2.50 bits per heavy atom. The number of nitrogens with zero attached hydrogens (tertiary/aromatic N) is 6. The summed E-state index contributed by atoms with van der Waals surface area (Å²) in [7, 11) is 5.84. The summed E-state index contributed by atoms with van der Waals surface area (Å²) < 4.78 is 7.30. The fourth-order valence-corrected chi connectivity index (χ4v) is 5.28. The van der Waals surface area contributed by atoms with Gasteiger partial charge < -0.3 is 14.5 Å². The zero-order valence-electron chi connectivity index (χ0n) is 20.4. The number of amides is 1. The lowest BCUT2D eigenvalue weighted by molar-refractivity contribution is 0.0779. The lowest BCUT2D eigenvalue weighted by Crippen LogP contribution is -2.34. The topological polar surface area (TPSA) is 66.2 Å². The van der Waals surface area contributed by atoms with Crippen molar-refractivity contribution in [2.45, 2.75) is 37.8 Å². The van der Waals surface area contributed by atoms with E-state index in [-0.39, 0.29) is 5.91 Å². The van der Waals surface area contributed by atoms with Gasteiger partial charge in [0.15, 0.2) is 11.3 Å². The van der Waals surface area contributed by atoms with Gasteiger partial charge >= 0.3 is 0 Å². The van der Waals surface area contributed by atoms with Crippen molar-refractivity contribution < 1.29 is 9.53 Å².